The molecule has 0 radical (unpaired) electrons. The van der Waals surface area contributed by atoms with Gasteiger partial charge in [0.1, 0.15) is 5.75 Å². The quantitative estimate of drug-likeness (QED) is 0.843. The number of benzene rings is 1. The lowest BCUT2D eigenvalue weighted by molar-refractivity contribution is -0.153. The summed E-state index contributed by atoms with van der Waals surface area (Å²) in [6.07, 6.45) is -4.39. The lowest BCUT2D eigenvalue weighted by Crippen LogP contribution is -2.31. The highest BCUT2D eigenvalue weighted by Crippen LogP contribution is 2.21. The summed E-state index contributed by atoms with van der Waals surface area (Å²) in [5, 5.41) is 5.25. The molecule has 1 aromatic rings. The van der Waals surface area contributed by atoms with Gasteiger partial charge in [-0.15, -0.1) is 12.4 Å². The third kappa shape index (κ3) is 7.20. The molecule has 0 atom stereocenters. The van der Waals surface area contributed by atoms with Crippen molar-refractivity contribution in [3.8, 4) is 5.75 Å². The molecule has 0 aliphatic rings. The predicted molar refractivity (Wildman–Crippen MR) is 71.0 cm³/mol. The molecule has 2 N–H and O–H groups in total. The molecule has 1 aromatic carbocycles. The Kier molecular flexibility index (Phi) is 8.02. The second kappa shape index (κ2) is 8.65. The Morgan fingerprint density at radius 2 is 1.95 bits per heavy atom. The van der Waals surface area contributed by atoms with Gasteiger partial charge in [-0.3, -0.25) is 4.79 Å². The molecule has 0 saturated carbocycles. The van der Waals surface area contributed by atoms with Crippen molar-refractivity contribution in [2.24, 2.45) is 0 Å². The predicted octanol–water partition coefficient (Wildman–Crippen LogP) is 1.89. The lowest BCUT2D eigenvalue weighted by Gasteiger charge is -2.13. The average Bonchev–Trinajstić information content (AvgIpc) is 2.34. The molecular formula is C12H16ClF3N2O2. The molecule has 0 aromatic heterocycles. The molecule has 0 aliphatic heterocycles. The van der Waals surface area contributed by atoms with Crippen molar-refractivity contribution >= 4 is 18.3 Å². The summed E-state index contributed by atoms with van der Waals surface area (Å²) in [5.41, 5.74) is 0.496. The fraction of sp³-hybridized carbons (Fsp3) is 0.417. The molecule has 20 heavy (non-hydrogen) atoms. The first kappa shape index (κ1) is 18.5. The molecule has 1 amide bonds. The van der Waals surface area contributed by atoms with Crippen LogP contribution in [0.15, 0.2) is 24.3 Å². The fourth-order valence-corrected chi connectivity index (χ4v) is 1.37. The van der Waals surface area contributed by atoms with E-state index < -0.39 is 12.8 Å². The van der Waals surface area contributed by atoms with E-state index in [0.717, 1.165) is 0 Å². The van der Waals surface area contributed by atoms with Crippen LogP contribution >= 0.6 is 12.4 Å². The number of halogens is 4. The van der Waals surface area contributed by atoms with Crippen LogP contribution in [0.5, 0.6) is 5.75 Å². The second-order valence-electron chi connectivity index (χ2n) is 3.82. The number of hydrogen-bond acceptors (Lipinski definition) is 3. The van der Waals surface area contributed by atoms with Crippen LogP contribution in [-0.4, -0.2) is 32.3 Å². The minimum atomic E-state index is -4.39. The van der Waals surface area contributed by atoms with E-state index in [1.165, 1.54) is 6.07 Å². The van der Waals surface area contributed by atoms with Gasteiger partial charge in [0, 0.05) is 12.1 Å². The Labute approximate surface area is 121 Å². The van der Waals surface area contributed by atoms with Crippen LogP contribution < -0.4 is 15.4 Å². The molecule has 114 valence electrons. The summed E-state index contributed by atoms with van der Waals surface area (Å²) in [6.45, 7) is -1.09. The van der Waals surface area contributed by atoms with Crippen LogP contribution in [0.3, 0.4) is 0 Å². The van der Waals surface area contributed by atoms with Gasteiger partial charge in [-0.2, -0.15) is 13.2 Å². The van der Waals surface area contributed by atoms with Crippen LogP contribution in [0.1, 0.15) is 5.56 Å². The van der Waals surface area contributed by atoms with E-state index in [9.17, 15) is 18.0 Å². The van der Waals surface area contributed by atoms with Gasteiger partial charge in [0.15, 0.2) is 6.61 Å². The van der Waals surface area contributed by atoms with Crippen molar-refractivity contribution in [2.45, 2.75) is 12.7 Å². The molecule has 0 bridgehead atoms. The van der Waals surface area contributed by atoms with Crippen molar-refractivity contribution in [3.63, 3.8) is 0 Å². The van der Waals surface area contributed by atoms with E-state index in [-0.39, 0.29) is 37.2 Å². The number of carbonyl (C=O) groups is 1. The van der Waals surface area contributed by atoms with Gasteiger partial charge in [-0.1, -0.05) is 18.2 Å². The smallest absolute Gasteiger partial charge is 0.422 e. The highest BCUT2D eigenvalue weighted by molar-refractivity contribution is 5.85. The number of rotatable bonds is 6. The minimum absolute atomic E-state index is 0. The number of hydrogen-bond donors (Lipinski definition) is 2. The van der Waals surface area contributed by atoms with Crippen molar-refractivity contribution in [1.82, 2.24) is 10.6 Å². The standard InChI is InChI=1S/C12H15F3N2O2.ClH/c1-16-7-11(18)17-6-9-4-2-3-5-10(9)19-8-12(13,14)15;/h2-5,16H,6-8H2,1H3,(H,17,18);1H. The Balaban J connectivity index is 0.00000361. The van der Waals surface area contributed by atoms with E-state index in [1.807, 2.05) is 0 Å². The molecule has 8 heteroatoms. The van der Waals surface area contributed by atoms with Gasteiger partial charge < -0.3 is 15.4 Å². The molecule has 0 saturated heterocycles. The number of nitrogens with one attached hydrogen (secondary N) is 2. The summed E-state index contributed by atoms with van der Waals surface area (Å²) >= 11 is 0. The van der Waals surface area contributed by atoms with E-state index in [0.29, 0.717) is 5.56 Å². The Bertz CT molecular complexity index is 427. The molecule has 0 spiro atoms. The number of likely N-dealkylation sites (N-methyl/N-ethyl adjacent to an activating group) is 1. The maximum absolute atomic E-state index is 12.1. The molecule has 0 fully saturated rings. The normalized spacial score (nSPS) is 10.6. The zero-order chi connectivity index (χ0) is 14.3. The van der Waals surface area contributed by atoms with Crippen molar-refractivity contribution < 1.29 is 22.7 Å². The molecule has 4 nitrogen and oxygen atoms in total. The third-order valence-corrected chi connectivity index (χ3v) is 2.18. The minimum Gasteiger partial charge on any atom is -0.484 e. The SMILES string of the molecule is CNCC(=O)NCc1ccccc1OCC(F)(F)F.Cl. The first-order valence-corrected chi connectivity index (χ1v) is 5.61. The maximum atomic E-state index is 12.1. The van der Waals surface area contributed by atoms with E-state index in [4.69, 9.17) is 4.74 Å². The van der Waals surface area contributed by atoms with Gasteiger partial charge >= 0.3 is 6.18 Å². The third-order valence-electron chi connectivity index (χ3n) is 2.18. The van der Waals surface area contributed by atoms with Crippen LogP contribution in [0.2, 0.25) is 0 Å². The maximum Gasteiger partial charge on any atom is 0.422 e. The number of alkyl halides is 3. The Morgan fingerprint density at radius 3 is 2.55 bits per heavy atom. The second-order valence-corrected chi connectivity index (χ2v) is 3.82. The first-order chi connectivity index (χ1) is 8.92. The molecule has 0 heterocycles. The van der Waals surface area contributed by atoms with Gasteiger partial charge in [-0.05, 0) is 13.1 Å². The zero-order valence-corrected chi connectivity index (χ0v) is 11.6. The Morgan fingerprint density at radius 1 is 1.30 bits per heavy atom. The van der Waals surface area contributed by atoms with Gasteiger partial charge in [0.05, 0.1) is 6.54 Å². The van der Waals surface area contributed by atoms with Gasteiger partial charge in [-0.25, -0.2) is 0 Å². The summed E-state index contributed by atoms with van der Waals surface area (Å²) in [6, 6.07) is 6.28. The number of carbonyl (C=O) groups excluding carboxylic acids is 1. The number of amides is 1. The van der Waals surface area contributed by atoms with E-state index in [1.54, 1.807) is 25.2 Å². The monoisotopic (exact) mass is 312 g/mol. The van der Waals surface area contributed by atoms with E-state index in [2.05, 4.69) is 10.6 Å². The zero-order valence-electron chi connectivity index (χ0n) is 10.8. The van der Waals surface area contributed by atoms with Crippen molar-refractivity contribution in [1.29, 1.82) is 0 Å². The molecule has 1 rings (SSSR count). The summed E-state index contributed by atoms with van der Waals surface area (Å²) in [4.78, 5) is 11.3. The molecular weight excluding hydrogens is 297 g/mol. The summed E-state index contributed by atoms with van der Waals surface area (Å²) in [5.74, 6) is -0.127. The number of para-hydroxylation sites is 1. The van der Waals surface area contributed by atoms with E-state index >= 15 is 0 Å². The highest BCUT2D eigenvalue weighted by atomic mass is 35.5. The Hall–Kier alpha value is -1.47. The molecule has 0 unspecified atom stereocenters. The highest BCUT2D eigenvalue weighted by Gasteiger charge is 2.28. The topological polar surface area (TPSA) is 50.4 Å². The van der Waals surface area contributed by atoms with Crippen molar-refractivity contribution in [2.75, 3.05) is 20.2 Å². The summed E-state index contributed by atoms with van der Waals surface area (Å²) < 4.78 is 41.0. The largest absolute Gasteiger partial charge is 0.484 e. The van der Waals surface area contributed by atoms with Crippen LogP contribution in [0, 0.1) is 0 Å². The van der Waals surface area contributed by atoms with Crippen LogP contribution in [-0.2, 0) is 11.3 Å². The molecule has 0 aliphatic carbocycles. The van der Waals surface area contributed by atoms with Gasteiger partial charge in [0.25, 0.3) is 0 Å². The number of ether oxygens (including phenoxy) is 1. The van der Waals surface area contributed by atoms with Gasteiger partial charge in [0.2, 0.25) is 5.91 Å². The van der Waals surface area contributed by atoms with Crippen LogP contribution in [0.4, 0.5) is 13.2 Å². The fourth-order valence-electron chi connectivity index (χ4n) is 1.37. The summed E-state index contributed by atoms with van der Waals surface area (Å²) in [7, 11) is 1.62. The van der Waals surface area contributed by atoms with Crippen LogP contribution in [0.25, 0.3) is 0 Å². The van der Waals surface area contributed by atoms with Crippen molar-refractivity contribution in [3.05, 3.63) is 29.8 Å². The average molecular weight is 313 g/mol. The first-order valence-electron chi connectivity index (χ1n) is 5.61. The lowest BCUT2D eigenvalue weighted by atomic mass is 10.2.